The minimum Gasteiger partial charge on any atom is -0.504 e. The number of hydrogen-bond donors (Lipinski definition) is 1. The first-order valence-electron chi connectivity index (χ1n) is 14.9. The van der Waals surface area contributed by atoms with Crippen molar-refractivity contribution in [1.82, 2.24) is 4.90 Å². The summed E-state index contributed by atoms with van der Waals surface area (Å²) in [6, 6.07) is 21.0. The molecular formula is C35H31ClN2O6. The number of carbonyl (C=O) groups is 4. The van der Waals surface area contributed by atoms with Gasteiger partial charge in [-0.3, -0.25) is 24.1 Å². The molecule has 0 aromatic heterocycles. The number of fused-ring (bicyclic) bond motifs is 4. The maximum atomic E-state index is 15.1. The number of halogens is 1. The van der Waals surface area contributed by atoms with Gasteiger partial charge in [0, 0.05) is 17.5 Å². The molecule has 1 saturated carbocycles. The molecule has 224 valence electrons. The number of likely N-dealkylation sites (tertiary alicyclic amines) is 1. The number of imide groups is 2. The predicted octanol–water partition coefficient (Wildman–Crippen LogP) is 5.24. The number of nitrogens with zero attached hydrogens (tertiary/aromatic N) is 2. The van der Waals surface area contributed by atoms with E-state index in [-0.39, 0.29) is 48.1 Å². The lowest BCUT2D eigenvalue weighted by molar-refractivity contribution is -0.140. The second-order valence-electron chi connectivity index (χ2n) is 11.9. The Morgan fingerprint density at radius 3 is 2.41 bits per heavy atom. The minimum absolute atomic E-state index is 0.0591. The summed E-state index contributed by atoms with van der Waals surface area (Å²) in [4.78, 5) is 59.4. The number of allylic oxidation sites excluding steroid dienone is 2. The Kier molecular flexibility index (Phi) is 6.66. The Labute approximate surface area is 259 Å². The van der Waals surface area contributed by atoms with Crippen LogP contribution in [0.5, 0.6) is 11.5 Å². The molecule has 0 radical (unpaired) electrons. The quantitative estimate of drug-likeness (QED) is 0.313. The van der Waals surface area contributed by atoms with E-state index in [2.05, 4.69) is 0 Å². The molecular weight excluding hydrogens is 580 g/mol. The summed E-state index contributed by atoms with van der Waals surface area (Å²) >= 11 is 6.34. The fourth-order valence-corrected chi connectivity index (χ4v) is 8.55. The molecule has 6 unspecified atom stereocenters. The van der Waals surface area contributed by atoms with Crippen molar-refractivity contribution in [3.8, 4) is 11.5 Å². The van der Waals surface area contributed by atoms with Crippen molar-refractivity contribution in [3.63, 3.8) is 0 Å². The van der Waals surface area contributed by atoms with Crippen molar-refractivity contribution in [2.24, 2.45) is 23.7 Å². The number of ether oxygens (including phenoxy) is 1. The van der Waals surface area contributed by atoms with Crippen LogP contribution in [0.15, 0.2) is 84.4 Å². The van der Waals surface area contributed by atoms with Crippen molar-refractivity contribution < 1.29 is 29.0 Å². The van der Waals surface area contributed by atoms with E-state index in [0.29, 0.717) is 28.3 Å². The smallest absolute Gasteiger partial charge is 0.246 e. The van der Waals surface area contributed by atoms with Crippen molar-refractivity contribution in [1.29, 1.82) is 0 Å². The molecule has 4 amide bonds. The number of benzene rings is 3. The van der Waals surface area contributed by atoms with Gasteiger partial charge < -0.3 is 9.84 Å². The number of amides is 4. The number of methoxy groups -OCH3 is 1. The number of carbonyl (C=O) groups excluding carboxylic acids is 4. The molecule has 9 heteroatoms. The van der Waals surface area contributed by atoms with Crippen LogP contribution >= 0.6 is 11.6 Å². The molecule has 7 rings (SSSR count). The van der Waals surface area contributed by atoms with Crippen molar-refractivity contribution in [2.45, 2.75) is 31.1 Å². The molecule has 44 heavy (non-hydrogen) atoms. The number of rotatable bonds is 5. The standard InChI is InChI=1S/C35H31ClN2O6/c1-3-37-31(40)24-14-13-23-25(29(24)33(37)42)18-26-32(41)38(22-11-7-10-21(36)17-22)34(43)35(26,20-8-5-4-6-9-20)30(23)19-12-15-27(39)28(16-19)44-2/h4-13,15-17,24-26,29-30,39H,3,14,18H2,1-2H3. The molecule has 2 aliphatic heterocycles. The summed E-state index contributed by atoms with van der Waals surface area (Å²) in [5.74, 6) is -4.11. The number of phenolic OH excluding ortho intramolecular Hbond substituents is 1. The Morgan fingerprint density at radius 2 is 1.70 bits per heavy atom. The highest BCUT2D eigenvalue weighted by molar-refractivity contribution is 6.32. The lowest BCUT2D eigenvalue weighted by Gasteiger charge is -2.50. The Bertz CT molecular complexity index is 1750. The van der Waals surface area contributed by atoms with E-state index in [0.717, 1.165) is 5.57 Å². The van der Waals surface area contributed by atoms with Gasteiger partial charge in [0.2, 0.25) is 23.6 Å². The van der Waals surface area contributed by atoms with E-state index < -0.39 is 35.0 Å². The molecule has 8 nitrogen and oxygen atoms in total. The van der Waals surface area contributed by atoms with Crippen LogP contribution in [0.3, 0.4) is 0 Å². The fourth-order valence-electron chi connectivity index (χ4n) is 8.37. The Morgan fingerprint density at radius 1 is 0.932 bits per heavy atom. The summed E-state index contributed by atoms with van der Waals surface area (Å²) < 4.78 is 5.49. The third-order valence-corrected chi connectivity index (χ3v) is 10.3. The molecule has 3 fully saturated rings. The zero-order valence-corrected chi connectivity index (χ0v) is 25.0. The van der Waals surface area contributed by atoms with Crippen LogP contribution < -0.4 is 9.64 Å². The van der Waals surface area contributed by atoms with Gasteiger partial charge in [0.1, 0.15) is 0 Å². The van der Waals surface area contributed by atoms with Gasteiger partial charge in [-0.2, -0.15) is 0 Å². The van der Waals surface area contributed by atoms with Gasteiger partial charge in [0.25, 0.3) is 0 Å². The van der Waals surface area contributed by atoms with E-state index >= 15 is 4.79 Å². The van der Waals surface area contributed by atoms with Gasteiger partial charge in [-0.05, 0) is 67.1 Å². The first-order valence-corrected chi connectivity index (χ1v) is 15.2. The third-order valence-electron chi connectivity index (χ3n) is 10.1. The van der Waals surface area contributed by atoms with Crippen LogP contribution in [0.25, 0.3) is 0 Å². The lowest BCUT2D eigenvalue weighted by atomic mass is 9.49. The van der Waals surface area contributed by atoms with Crippen LogP contribution in [0.1, 0.15) is 36.8 Å². The summed E-state index contributed by atoms with van der Waals surface area (Å²) in [6.45, 7) is 2.07. The van der Waals surface area contributed by atoms with E-state index in [1.807, 2.05) is 36.4 Å². The van der Waals surface area contributed by atoms with Gasteiger partial charge in [-0.1, -0.05) is 65.7 Å². The molecule has 1 N–H and O–H groups in total. The second-order valence-corrected chi connectivity index (χ2v) is 12.4. The van der Waals surface area contributed by atoms with Crippen LogP contribution in [0, 0.1) is 23.7 Å². The highest BCUT2D eigenvalue weighted by atomic mass is 35.5. The molecule has 2 aliphatic carbocycles. The normalized spacial score (nSPS) is 29.3. The van der Waals surface area contributed by atoms with Crippen molar-refractivity contribution >= 4 is 40.9 Å². The molecule has 2 saturated heterocycles. The van der Waals surface area contributed by atoms with Crippen molar-refractivity contribution in [2.75, 3.05) is 18.6 Å². The zero-order chi connectivity index (χ0) is 30.9. The maximum absolute atomic E-state index is 15.1. The van der Waals surface area contributed by atoms with Gasteiger partial charge >= 0.3 is 0 Å². The topological polar surface area (TPSA) is 104 Å². The van der Waals surface area contributed by atoms with Gasteiger partial charge in [0.15, 0.2) is 11.5 Å². The Balaban J connectivity index is 1.52. The van der Waals surface area contributed by atoms with Crippen LogP contribution in [0.2, 0.25) is 5.02 Å². The highest BCUT2D eigenvalue weighted by Crippen LogP contribution is 2.64. The maximum Gasteiger partial charge on any atom is 0.246 e. The summed E-state index contributed by atoms with van der Waals surface area (Å²) in [5.41, 5.74) is 1.19. The molecule has 4 aliphatic rings. The van der Waals surface area contributed by atoms with Crippen LogP contribution in [-0.2, 0) is 24.6 Å². The average Bonchev–Trinajstić information content (AvgIpc) is 3.42. The number of anilines is 1. The Hall–Kier alpha value is -4.43. The number of hydrogen-bond acceptors (Lipinski definition) is 6. The van der Waals surface area contributed by atoms with Gasteiger partial charge in [0.05, 0.1) is 36.0 Å². The number of phenols is 1. The monoisotopic (exact) mass is 610 g/mol. The first-order chi connectivity index (χ1) is 21.2. The third kappa shape index (κ3) is 3.76. The van der Waals surface area contributed by atoms with Gasteiger partial charge in [-0.15, -0.1) is 0 Å². The first kappa shape index (κ1) is 28.3. The van der Waals surface area contributed by atoms with Gasteiger partial charge in [-0.25, -0.2) is 4.90 Å². The highest BCUT2D eigenvalue weighted by Gasteiger charge is 2.70. The molecule has 6 atom stereocenters. The summed E-state index contributed by atoms with van der Waals surface area (Å²) in [6.07, 6.45) is 2.60. The van der Waals surface area contributed by atoms with E-state index in [1.165, 1.54) is 23.0 Å². The van der Waals surface area contributed by atoms with Crippen molar-refractivity contribution in [3.05, 3.63) is 101 Å². The minimum atomic E-state index is -1.38. The van der Waals surface area contributed by atoms with Crippen LogP contribution in [0.4, 0.5) is 5.69 Å². The fraction of sp³-hybridized carbons (Fsp3) is 0.314. The molecule has 3 aromatic rings. The number of aromatic hydroxyl groups is 1. The second kappa shape index (κ2) is 10.3. The van der Waals surface area contributed by atoms with E-state index in [1.54, 1.807) is 43.3 Å². The van der Waals surface area contributed by atoms with Crippen LogP contribution in [-0.4, -0.2) is 47.3 Å². The van der Waals surface area contributed by atoms with E-state index in [9.17, 15) is 19.5 Å². The average molecular weight is 611 g/mol. The zero-order valence-electron chi connectivity index (χ0n) is 24.3. The summed E-state index contributed by atoms with van der Waals surface area (Å²) in [7, 11) is 1.45. The molecule has 0 bridgehead atoms. The van der Waals surface area contributed by atoms with E-state index in [4.69, 9.17) is 16.3 Å². The summed E-state index contributed by atoms with van der Waals surface area (Å²) in [5, 5.41) is 10.9. The predicted molar refractivity (Wildman–Crippen MR) is 163 cm³/mol. The molecule has 2 heterocycles. The SMILES string of the molecule is CCN1C(=O)C2CC=C3C(CC4C(=O)N(c5cccc(Cl)c5)C(=O)C4(c4ccccc4)C3c3ccc(O)c(OC)c3)C2C1=O. The lowest BCUT2D eigenvalue weighted by Crippen LogP contribution is -2.53. The largest absolute Gasteiger partial charge is 0.504 e. The molecule has 0 spiro atoms. The molecule has 3 aromatic carbocycles.